The van der Waals surface area contributed by atoms with E-state index in [-0.39, 0.29) is 27.6 Å². The van der Waals surface area contributed by atoms with Gasteiger partial charge in [0.2, 0.25) is 5.82 Å². The first-order valence-electron chi connectivity index (χ1n) is 9.55. The second kappa shape index (κ2) is 8.58. The van der Waals surface area contributed by atoms with Crippen molar-refractivity contribution in [2.75, 3.05) is 12.1 Å². The molecule has 3 aromatic rings. The monoisotopic (exact) mass is 476 g/mol. The Morgan fingerprint density at radius 2 is 1.65 bits per heavy atom. The highest BCUT2D eigenvalue weighted by molar-refractivity contribution is 6.32. The zero-order chi connectivity index (χ0) is 24.7. The van der Waals surface area contributed by atoms with E-state index in [2.05, 4.69) is 9.84 Å². The van der Waals surface area contributed by atoms with Gasteiger partial charge in [0.1, 0.15) is 17.2 Å². The zero-order valence-corrected chi connectivity index (χ0v) is 17.5. The van der Waals surface area contributed by atoms with Crippen molar-refractivity contribution >= 4 is 29.4 Å². The number of furan rings is 1. The number of nitrogens with zero attached hydrogens (tertiary/aromatic N) is 2. The third-order valence-corrected chi connectivity index (χ3v) is 4.94. The summed E-state index contributed by atoms with van der Waals surface area (Å²) in [5.41, 5.74) is -0.904. The number of carbonyl (C=O) groups excluding carboxylic acids is 2. The molecule has 1 amide bonds. The van der Waals surface area contributed by atoms with Crippen LogP contribution in [0.2, 0.25) is 0 Å². The van der Waals surface area contributed by atoms with Crippen molar-refractivity contribution in [2.24, 2.45) is 5.10 Å². The third kappa shape index (κ3) is 3.74. The molecule has 2 heterocycles. The SMILES string of the molecule is COC(=O)c1cccc(-c2ccc(/C=C3\C(=O)N(c4c(F)c(F)c(F)c(F)c4F)N=C3C)o2)c1. The van der Waals surface area contributed by atoms with Crippen molar-refractivity contribution < 1.29 is 40.7 Å². The van der Waals surface area contributed by atoms with Crippen molar-refractivity contribution in [3.8, 4) is 11.3 Å². The quantitative estimate of drug-likeness (QED) is 0.170. The molecule has 2 aromatic carbocycles. The Bertz CT molecular complexity index is 1380. The van der Waals surface area contributed by atoms with Gasteiger partial charge in [-0.1, -0.05) is 12.1 Å². The highest BCUT2D eigenvalue weighted by Crippen LogP contribution is 2.34. The van der Waals surface area contributed by atoms with Crippen LogP contribution >= 0.6 is 0 Å². The molecule has 6 nitrogen and oxygen atoms in total. The highest BCUT2D eigenvalue weighted by Gasteiger charge is 2.37. The number of anilines is 1. The number of hydrogen-bond donors (Lipinski definition) is 0. The number of rotatable bonds is 4. The van der Waals surface area contributed by atoms with Gasteiger partial charge in [-0.3, -0.25) is 4.79 Å². The van der Waals surface area contributed by atoms with Crippen LogP contribution in [0.25, 0.3) is 17.4 Å². The molecular formula is C23H13F5N2O4. The molecule has 0 spiro atoms. The number of benzene rings is 2. The van der Waals surface area contributed by atoms with Crippen molar-refractivity contribution in [1.82, 2.24) is 0 Å². The van der Waals surface area contributed by atoms with Crippen LogP contribution in [0.1, 0.15) is 23.0 Å². The van der Waals surface area contributed by atoms with Crippen molar-refractivity contribution in [2.45, 2.75) is 6.92 Å². The minimum atomic E-state index is -2.35. The molecule has 34 heavy (non-hydrogen) atoms. The molecule has 0 fully saturated rings. The summed E-state index contributed by atoms with van der Waals surface area (Å²) in [6, 6.07) is 9.39. The van der Waals surface area contributed by atoms with Crippen LogP contribution in [-0.4, -0.2) is 24.7 Å². The first-order valence-corrected chi connectivity index (χ1v) is 9.55. The number of halogens is 5. The van der Waals surface area contributed by atoms with Gasteiger partial charge in [0, 0.05) is 5.56 Å². The Kier molecular flexibility index (Phi) is 5.78. The van der Waals surface area contributed by atoms with Crippen LogP contribution < -0.4 is 5.01 Å². The van der Waals surface area contributed by atoms with Crippen LogP contribution in [0.15, 0.2) is 51.5 Å². The Labute approximate surface area is 188 Å². The predicted octanol–water partition coefficient (Wildman–Crippen LogP) is 5.23. The lowest BCUT2D eigenvalue weighted by atomic mass is 10.1. The highest BCUT2D eigenvalue weighted by atomic mass is 19.2. The molecule has 1 aliphatic heterocycles. The van der Waals surface area contributed by atoms with Gasteiger partial charge in [-0.25, -0.2) is 26.7 Å². The fourth-order valence-electron chi connectivity index (χ4n) is 3.26. The second-order valence-electron chi connectivity index (χ2n) is 7.05. The standard InChI is InChI=1S/C23H13F5N2O4/c1-10-14(22(31)30(29-10)21-19(27)17(25)16(24)18(26)20(21)28)9-13-6-7-15(34-13)11-4-3-5-12(8-11)23(32)33-2/h3-9H,1-2H3/b14-9-. The molecule has 0 unspecified atom stereocenters. The summed E-state index contributed by atoms with van der Waals surface area (Å²) in [7, 11) is 1.24. The summed E-state index contributed by atoms with van der Waals surface area (Å²) in [6.07, 6.45) is 1.21. The minimum Gasteiger partial charge on any atom is -0.465 e. The number of methoxy groups -OCH3 is 1. The lowest BCUT2D eigenvalue weighted by molar-refractivity contribution is -0.114. The lowest BCUT2D eigenvalue weighted by Crippen LogP contribution is -2.25. The minimum absolute atomic E-state index is 0.0421. The number of hydrogen-bond acceptors (Lipinski definition) is 5. The molecule has 174 valence electrons. The van der Waals surface area contributed by atoms with Crippen LogP contribution in [0.3, 0.4) is 0 Å². The fourth-order valence-corrected chi connectivity index (χ4v) is 3.26. The van der Waals surface area contributed by atoms with Crippen LogP contribution in [0.5, 0.6) is 0 Å². The van der Waals surface area contributed by atoms with E-state index < -0.39 is 46.6 Å². The predicted molar refractivity (Wildman–Crippen MR) is 110 cm³/mol. The van der Waals surface area contributed by atoms with Crippen LogP contribution in [-0.2, 0) is 9.53 Å². The number of ether oxygens (including phenoxy) is 1. The first kappa shape index (κ1) is 22.9. The number of hydrazone groups is 1. The van der Waals surface area contributed by atoms with E-state index in [1.54, 1.807) is 24.3 Å². The first-order chi connectivity index (χ1) is 16.1. The molecule has 0 bridgehead atoms. The molecule has 0 saturated carbocycles. The summed E-state index contributed by atoms with van der Waals surface area (Å²) in [5, 5.41) is 3.77. The molecule has 1 aliphatic rings. The van der Waals surface area contributed by atoms with Crippen molar-refractivity contribution in [3.05, 3.63) is 82.4 Å². The van der Waals surface area contributed by atoms with Crippen LogP contribution in [0.4, 0.5) is 27.6 Å². The van der Waals surface area contributed by atoms with E-state index in [0.717, 1.165) is 0 Å². The Balaban J connectivity index is 1.68. The number of esters is 1. The maximum atomic E-state index is 14.2. The average Bonchev–Trinajstić information content (AvgIpc) is 3.42. The van der Waals surface area contributed by atoms with Gasteiger partial charge in [-0.05, 0) is 37.3 Å². The molecule has 0 N–H and O–H groups in total. The maximum absolute atomic E-state index is 14.2. The smallest absolute Gasteiger partial charge is 0.337 e. The maximum Gasteiger partial charge on any atom is 0.337 e. The van der Waals surface area contributed by atoms with Gasteiger partial charge in [0.05, 0.1) is 24.0 Å². The fraction of sp³-hybridized carbons (Fsp3) is 0.0870. The average molecular weight is 476 g/mol. The summed E-state index contributed by atoms with van der Waals surface area (Å²) < 4.78 is 79.2. The van der Waals surface area contributed by atoms with Gasteiger partial charge < -0.3 is 9.15 Å². The number of amides is 1. The zero-order valence-electron chi connectivity index (χ0n) is 17.5. The van der Waals surface area contributed by atoms with Gasteiger partial charge in [-0.2, -0.15) is 10.1 Å². The summed E-state index contributed by atoms with van der Waals surface area (Å²) in [6.45, 7) is 1.32. The molecule has 11 heteroatoms. The van der Waals surface area contributed by atoms with E-state index >= 15 is 0 Å². The number of carbonyl (C=O) groups is 2. The Morgan fingerprint density at radius 3 is 2.29 bits per heavy atom. The second-order valence-corrected chi connectivity index (χ2v) is 7.05. The van der Waals surface area contributed by atoms with E-state index in [9.17, 15) is 31.5 Å². The van der Waals surface area contributed by atoms with Gasteiger partial charge in [0.25, 0.3) is 5.91 Å². The van der Waals surface area contributed by atoms with Crippen LogP contribution in [0, 0.1) is 29.1 Å². The Morgan fingerprint density at radius 1 is 1.00 bits per heavy atom. The summed E-state index contributed by atoms with van der Waals surface area (Å²) in [5.74, 6) is -12.3. The Hall–Kier alpha value is -4.28. The molecule has 0 atom stereocenters. The largest absolute Gasteiger partial charge is 0.465 e. The third-order valence-electron chi connectivity index (χ3n) is 4.94. The molecule has 4 rings (SSSR count). The molecule has 0 aliphatic carbocycles. The van der Waals surface area contributed by atoms with E-state index in [4.69, 9.17) is 4.42 Å². The molecule has 1 aromatic heterocycles. The van der Waals surface area contributed by atoms with Gasteiger partial charge in [-0.15, -0.1) is 0 Å². The normalized spacial score (nSPS) is 14.7. The molecule has 0 radical (unpaired) electrons. The molecule has 0 saturated heterocycles. The lowest BCUT2D eigenvalue weighted by Gasteiger charge is -2.14. The van der Waals surface area contributed by atoms with Crippen molar-refractivity contribution in [3.63, 3.8) is 0 Å². The van der Waals surface area contributed by atoms with Gasteiger partial charge in [0.15, 0.2) is 23.3 Å². The van der Waals surface area contributed by atoms with Gasteiger partial charge >= 0.3 is 5.97 Å². The summed E-state index contributed by atoms with van der Waals surface area (Å²) in [4.78, 5) is 24.5. The summed E-state index contributed by atoms with van der Waals surface area (Å²) >= 11 is 0. The van der Waals surface area contributed by atoms with E-state index in [1.165, 1.54) is 32.2 Å². The van der Waals surface area contributed by atoms with Crippen molar-refractivity contribution in [1.29, 1.82) is 0 Å². The van der Waals surface area contributed by atoms with E-state index in [1.807, 2.05) is 0 Å². The molecular weight excluding hydrogens is 463 g/mol. The van der Waals surface area contributed by atoms with E-state index in [0.29, 0.717) is 11.3 Å². The topological polar surface area (TPSA) is 72.1 Å².